The Bertz CT molecular complexity index is 638. The molecule has 1 aromatic carbocycles. The van der Waals surface area contributed by atoms with Crippen molar-refractivity contribution in [2.45, 2.75) is 12.2 Å². The second-order valence-electron chi connectivity index (χ2n) is 3.72. The highest BCUT2D eigenvalue weighted by Crippen LogP contribution is 2.29. The molecule has 0 aliphatic rings. The summed E-state index contributed by atoms with van der Waals surface area (Å²) >= 11 is 0. The summed E-state index contributed by atoms with van der Waals surface area (Å²) in [5.41, 5.74) is 4.81. The van der Waals surface area contributed by atoms with Crippen molar-refractivity contribution in [2.75, 3.05) is 0 Å². The largest absolute Gasteiger partial charge is 0.471 e. The monoisotopic (exact) mass is 297 g/mol. The summed E-state index contributed by atoms with van der Waals surface area (Å²) in [6, 6.07) is -1.00. The highest BCUT2D eigenvalue weighted by molar-refractivity contribution is 5.27. The van der Waals surface area contributed by atoms with Crippen molar-refractivity contribution < 1.29 is 30.9 Å². The van der Waals surface area contributed by atoms with E-state index >= 15 is 0 Å². The van der Waals surface area contributed by atoms with Gasteiger partial charge in [-0.1, -0.05) is 5.16 Å². The first-order valence-corrected chi connectivity index (χ1v) is 5.01. The van der Waals surface area contributed by atoms with E-state index in [2.05, 4.69) is 14.7 Å². The van der Waals surface area contributed by atoms with Gasteiger partial charge in [0.1, 0.15) is 5.82 Å². The molecule has 0 aliphatic heterocycles. The lowest BCUT2D eigenvalue weighted by atomic mass is 10.1. The molecule has 0 spiro atoms. The van der Waals surface area contributed by atoms with E-state index in [4.69, 9.17) is 5.73 Å². The molecule has 0 radical (unpaired) electrons. The maximum absolute atomic E-state index is 13.4. The fraction of sp³-hybridized carbons (Fsp3) is 0.200. The average molecular weight is 297 g/mol. The maximum Gasteiger partial charge on any atom is 0.471 e. The SMILES string of the molecule is NC(c1noc(C(F)(F)F)n1)c1cc(F)c(F)cc1F. The Hall–Kier alpha value is -2.10. The van der Waals surface area contributed by atoms with Crippen LogP contribution in [0.15, 0.2) is 16.7 Å². The molecule has 0 aliphatic carbocycles. The van der Waals surface area contributed by atoms with Crippen LogP contribution in [-0.2, 0) is 6.18 Å². The van der Waals surface area contributed by atoms with E-state index in [1.165, 1.54) is 0 Å². The molecule has 0 amide bonds. The minimum atomic E-state index is -4.89. The lowest BCUT2D eigenvalue weighted by Crippen LogP contribution is -2.16. The Balaban J connectivity index is 2.39. The van der Waals surface area contributed by atoms with E-state index in [1.807, 2.05) is 0 Å². The van der Waals surface area contributed by atoms with Gasteiger partial charge in [-0.25, -0.2) is 13.2 Å². The highest BCUT2D eigenvalue weighted by atomic mass is 19.4. The number of aromatic nitrogens is 2. The van der Waals surface area contributed by atoms with Crippen molar-refractivity contribution in [2.24, 2.45) is 5.73 Å². The number of halogens is 6. The standard InChI is InChI=1S/C10H5F6N3O/c11-4-2-6(13)5(12)1-3(4)7(17)8-18-9(20-19-8)10(14,15)16/h1-2,7H,17H2. The third-order valence-electron chi connectivity index (χ3n) is 2.34. The van der Waals surface area contributed by atoms with Crippen LogP contribution < -0.4 is 5.73 Å². The lowest BCUT2D eigenvalue weighted by molar-refractivity contribution is -0.159. The van der Waals surface area contributed by atoms with Crippen molar-refractivity contribution in [3.05, 3.63) is 46.9 Å². The first kappa shape index (κ1) is 14.3. The molecule has 1 atom stereocenters. The smallest absolute Gasteiger partial charge is 0.329 e. The van der Waals surface area contributed by atoms with E-state index in [1.54, 1.807) is 0 Å². The third-order valence-corrected chi connectivity index (χ3v) is 2.34. The normalized spacial score (nSPS) is 13.6. The van der Waals surface area contributed by atoms with Crippen LogP contribution in [0.1, 0.15) is 23.3 Å². The van der Waals surface area contributed by atoms with Crippen LogP contribution in [0.5, 0.6) is 0 Å². The van der Waals surface area contributed by atoms with E-state index in [-0.39, 0.29) is 6.07 Å². The van der Waals surface area contributed by atoms with Crippen LogP contribution in [0.3, 0.4) is 0 Å². The van der Waals surface area contributed by atoms with Gasteiger partial charge in [-0.15, -0.1) is 0 Å². The summed E-state index contributed by atoms with van der Waals surface area (Å²) in [6.45, 7) is 0. The van der Waals surface area contributed by atoms with Gasteiger partial charge in [0.05, 0.1) is 6.04 Å². The van der Waals surface area contributed by atoms with Crippen molar-refractivity contribution in [3.63, 3.8) is 0 Å². The van der Waals surface area contributed by atoms with Gasteiger partial charge in [0, 0.05) is 11.6 Å². The summed E-state index contributed by atoms with van der Waals surface area (Å²) in [5, 5.41) is 2.94. The molecule has 1 aromatic heterocycles. The molecule has 20 heavy (non-hydrogen) atoms. The number of nitrogens with two attached hydrogens (primary N) is 1. The molecule has 1 heterocycles. The topological polar surface area (TPSA) is 64.9 Å². The van der Waals surface area contributed by atoms with Crippen molar-refractivity contribution in [1.82, 2.24) is 10.1 Å². The number of rotatable bonds is 2. The second-order valence-corrected chi connectivity index (χ2v) is 3.72. The number of alkyl halides is 3. The van der Waals surface area contributed by atoms with E-state index in [0.29, 0.717) is 6.07 Å². The minimum absolute atomic E-state index is 0.218. The van der Waals surface area contributed by atoms with Crippen LogP contribution in [0.4, 0.5) is 26.3 Å². The molecule has 2 rings (SSSR count). The van der Waals surface area contributed by atoms with Crippen LogP contribution >= 0.6 is 0 Å². The van der Waals surface area contributed by atoms with Gasteiger partial charge >= 0.3 is 12.1 Å². The molecule has 2 aromatic rings. The van der Waals surface area contributed by atoms with Crippen LogP contribution in [0.2, 0.25) is 0 Å². The molecular weight excluding hydrogens is 292 g/mol. The van der Waals surface area contributed by atoms with Crippen molar-refractivity contribution >= 4 is 0 Å². The van der Waals surface area contributed by atoms with Gasteiger partial charge in [0.15, 0.2) is 17.5 Å². The molecule has 0 bridgehead atoms. The van der Waals surface area contributed by atoms with Crippen LogP contribution in [0.25, 0.3) is 0 Å². The summed E-state index contributed by atoms with van der Waals surface area (Å²) in [5.74, 6) is -6.48. The van der Waals surface area contributed by atoms with Crippen molar-refractivity contribution in [1.29, 1.82) is 0 Å². The molecule has 4 nitrogen and oxygen atoms in total. The Labute approximate surface area is 107 Å². The summed E-state index contributed by atoms with van der Waals surface area (Å²) < 4.78 is 79.8. The van der Waals surface area contributed by atoms with E-state index < -0.39 is 46.9 Å². The number of hydrogen-bond donors (Lipinski definition) is 1. The lowest BCUT2D eigenvalue weighted by Gasteiger charge is -2.09. The molecule has 1 unspecified atom stereocenters. The summed E-state index contributed by atoms with van der Waals surface area (Å²) in [7, 11) is 0. The fourth-order valence-corrected chi connectivity index (χ4v) is 1.39. The third kappa shape index (κ3) is 2.59. The molecular formula is C10H5F6N3O. The van der Waals surface area contributed by atoms with Crippen LogP contribution in [-0.4, -0.2) is 10.1 Å². The number of benzene rings is 1. The van der Waals surface area contributed by atoms with Gasteiger partial charge in [-0.3, -0.25) is 0 Å². The Morgan fingerprint density at radius 1 is 1.05 bits per heavy atom. The predicted molar refractivity (Wildman–Crippen MR) is 51.6 cm³/mol. The zero-order chi connectivity index (χ0) is 15.1. The average Bonchev–Trinajstić information content (AvgIpc) is 2.82. The van der Waals surface area contributed by atoms with Gasteiger partial charge in [0.25, 0.3) is 0 Å². The molecule has 10 heteroatoms. The number of hydrogen-bond acceptors (Lipinski definition) is 4. The van der Waals surface area contributed by atoms with Gasteiger partial charge in [0.2, 0.25) is 0 Å². The Morgan fingerprint density at radius 2 is 1.65 bits per heavy atom. The highest BCUT2D eigenvalue weighted by Gasteiger charge is 2.39. The van der Waals surface area contributed by atoms with E-state index in [9.17, 15) is 26.3 Å². The fourth-order valence-electron chi connectivity index (χ4n) is 1.39. The predicted octanol–water partition coefficient (Wildman–Crippen LogP) is 2.55. The number of nitrogens with zero attached hydrogens (tertiary/aromatic N) is 2. The Morgan fingerprint density at radius 3 is 2.20 bits per heavy atom. The molecule has 0 saturated heterocycles. The maximum atomic E-state index is 13.4. The van der Waals surface area contributed by atoms with Crippen molar-refractivity contribution in [3.8, 4) is 0 Å². The summed E-state index contributed by atoms with van der Waals surface area (Å²) in [4.78, 5) is 2.94. The quantitative estimate of drug-likeness (QED) is 0.683. The van der Waals surface area contributed by atoms with Gasteiger partial charge in [-0.2, -0.15) is 18.2 Å². The first-order valence-electron chi connectivity index (χ1n) is 5.01. The molecule has 0 fully saturated rings. The first-order chi connectivity index (χ1) is 9.20. The Kier molecular flexibility index (Phi) is 3.42. The van der Waals surface area contributed by atoms with E-state index in [0.717, 1.165) is 0 Å². The molecule has 0 saturated carbocycles. The second kappa shape index (κ2) is 4.78. The minimum Gasteiger partial charge on any atom is -0.329 e. The van der Waals surface area contributed by atoms with Gasteiger partial charge in [-0.05, 0) is 6.07 Å². The zero-order valence-electron chi connectivity index (χ0n) is 9.38. The molecule has 108 valence electrons. The van der Waals surface area contributed by atoms with Gasteiger partial charge < -0.3 is 10.3 Å². The summed E-state index contributed by atoms with van der Waals surface area (Å²) in [6.07, 6.45) is -4.89. The zero-order valence-corrected chi connectivity index (χ0v) is 9.38. The molecule has 2 N–H and O–H groups in total. The van der Waals surface area contributed by atoms with Crippen LogP contribution in [0, 0.1) is 17.5 Å².